The maximum atomic E-state index is 13.9. The predicted octanol–water partition coefficient (Wildman–Crippen LogP) is 0.479. The van der Waals surface area contributed by atoms with Gasteiger partial charge in [-0.25, -0.2) is 18.0 Å². The van der Waals surface area contributed by atoms with Crippen molar-refractivity contribution in [2.75, 3.05) is 33.3 Å². The Hall–Kier alpha value is -4.08. The number of sulfonamides is 1. The third kappa shape index (κ3) is 5.23. The van der Waals surface area contributed by atoms with Crippen molar-refractivity contribution in [2.24, 2.45) is 7.05 Å². The average Bonchev–Trinajstić information content (AvgIpc) is 3.25. The van der Waals surface area contributed by atoms with E-state index in [0.29, 0.717) is 25.1 Å². The Morgan fingerprint density at radius 1 is 1.05 bits per heavy atom. The third-order valence-electron chi connectivity index (χ3n) is 6.76. The molecule has 1 fully saturated rings. The fourth-order valence-electron chi connectivity index (χ4n) is 4.91. The van der Waals surface area contributed by atoms with Gasteiger partial charge in [-0.05, 0) is 38.6 Å². The number of likely N-dealkylation sites (N-methyl/N-ethyl adjacent to an activating group) is 1. The summed E-state index contributed by atoms with van der Waals surface area (Å²) in [5, 5.41) is 4.44. The topological polar surface area (TPSA) is 155 Å². The number of hydrogen-bond donors (Lipinski definition) is 0. The summed E-state index contributed by atoms with van der Waals surface area (Å²) >= 11 is 0. The number of rotatable bonds is 4. The number of nitrogens with zero attached hydrogens (tertiary/aromatic N) is 6. The number of hydrogen-bond acceptors (Lipinski definition) is 11. The number of aromatic nitrogens is 4. The summed E-state index contributed by atoms with van der Waals surface area (Å²) < 4.78 is 42.6. The quantitative estimate of drug-likeness (QED) is 0.392. The van der Waals surface area contributed by atoms with Gasteiger partial charge < -0.3 is 14.3 Å². The van der Waals surface area contributed by atoms with Crippen LogP contribution in [0.1, 0.15) is 26.0 Å². The first-order valence-corrected chi connectivity index (χ1v) is 14.6. The van der Waals surface area contributed by atoms with Crippen molar-refractivity contribution in [3.63, 3.8) is 0 Å². The van der Waals surface area contributed by atoms with Gasteiger partial charge in [-0.1, -0.05) is 13.3 Å². The normalized spacial score (nSPS) is 20.4. The van der Waals surface area contributed by atoms with Crippen molar-refractivity contribution in [3.05, 3.63) is 46.4 Å². The summed E-state index contributed by atoms with van der Waals surface area (Å²) in [6, 6.07) is 4.13. The zero-order chi connectivity index (χ0) is 29.5. The van der Waals surface area contributed by atoms with E-state index in [1.54, 1.807) is 21.0 Å². The Kier molecular flexibility index (Phi) is 7.68. The molecule has 4 heterocycles. The Balaban J connectivity index is 1.84. The Labute approximate surface area is 235 Å². The van der Waals surface area contributed by atoms with Crippen LogP contribution in [0.4, 0.5) is 0 Å². The molecule has 2 aromatic heterocycles. The standard InChI is InChI=1S/C26H30N6O8S/c1-5-7-18-23-24(30(4)28-18)26(35)27-25-17-14-16(8-9-19(17)38-6-2)41(36,37)31-13-12-29(3)15-20(31)39-21(33)10-11-22(34)40-32(23)25/h8-11,14,20H,5-7,12-13,15H2,1-4H3/b11-10-. The fraction of sp³-hybridized carbons (Fsp3) is 0.423. The molecule has 2 aliphatic rings. The molecule has 1 saturated heterocycles. The number of carbonyl (C=O) groups excluding carboxylic acids is 2. The molecule has 1 unspecified atom stereocenters. The highest BCUT2D eigenvalue weighted by Crippen LogP contribution is 2.34. The van der Waals surface area contributed by atoms with E-state index < -0.39 is 33.7 Å². The molecule has 5 rings (SSSR count). The number of benzene rings is 1. The number of aryl methyl sites for hydroxylation is 2. The lowest BCUT2D eigenvalue weighted by Crippen LogP contribution is -2.55. The number of carbonyl (C=O) groups is 2. The first-order valence-electron chi connectivity index (χ1n) is 13.1. The van der Waals surface area contributed by atoms with Gasteiger partial charge in [-0.15, -0.1) is 0 Å². The van der Waals surface area contributed by atoms with Crippen LogP contribution >= 0.6 is 0 Å². The van der Waals surface area contributed by atoms with E-state index in [1.807, 2.05) is 11.8 Å². The molecule has 0 amide bonds. The molecule has 0 radical (unpaired) electrons. The van der Waals surface area contributed by atoms with Crippen LogP contribution in [0.2, 0.25) is 0 Å². The summed E-state index contributed by atoms with van der Waals surface area (Å²) in [6.45, 7) is 4.47. The summed E-state index contributed by atoms with van der Waals surface area (Å²) in [5.41, 5.74) is 0.182. The van der Waals surface area contributed by atoms with E-state index in [0.717, 1.165) is 21.2 Å². The number of piperazine rings is 1. The van der Waals surface area contributed by atoms with Gasteiger partial charge in [0.1, 0.15) is 11.3 Å². The summed E-state index contributed by atoms with van der Waals surface area (Å²) in [6.07, 6.45) is 1.69. The zero-order valence-corrected chi connectivity index (χ0v) is 23.9. The van der Waals surface area contributed by atoms with Crippen LogP contribution in [0.3, 0.4) is 0 Å². The van der Waals surface area contributed by atoms with Crippen molar-refractivity contribution < 1.29 is 32.3 Å². The van der Waals surface area contributed by atoms with Gasteiger partial charge in [0.25, 0.3) is 5.56 Å². The maximum Gasteiger partial charge on any atom is 0.356 e. The molecular formula is C26H30N6O8S. The second-order valence-corrected chi connectivity index (χ2v) is 11.5. The van der Waals surface area contributed by atoms with Crippen LogP contribution in [0, 0.1) is 0 Å². The van der Waals surface area contributed by atoms with Gasteiger partial charge in [0, 0.05) is 32.3 Å². The predicted molar refractivity (Wildman–Crippen MR) is 145 cm³/mol. The Morgan fingerprint density at radius 3 is 2.54 bits per heavy atom. The molecule has 218 valence electrons. The summed E-state index contributed by atoms with van der Waals surface area (Å²) in [4.78, 5) is 50.6. The Morgan fingerprint density at radius 2 is 1.80 bits per heavy atom. The molecule has 0 spiro atoms. The lowest BCUT2D eigenvalue weighted by Gasteiger charge is -2.38. The molecule has 1 atom stereocenters. The van der Waals surface area contributed by atoms with Crippen LogP contribution in [-0.2, 0) is 37.8 Å². The second kappa shape index (κ2) is 11.1. The van der Waals surface area contributed by atoms with Crippen molar-refractivity contribution in [1.82, 2.24) is 28.7 Å². The van der Waals surface area contributed by atoms with Crippen LogP contribution in [0.15, 0.2) is 40.0 Å². The molecule has 0 saturated carbocycles. The highest BCUT2D eigenvalue weighted by molar-refractivity contribution is 7.89. The van der Waals surface area contributed by atoms with E-state index in [1.165, 1.54) is 22.9 Å². The van der Waals surface area contributed by atoms with Crippen LogP contribution in [0.5, 0.6) is 5.75 Å². The molecular weight excluding hydrogens is 556 g/mol. The van der Waals surface area contributed by atoms with Crippen LogP contribution in [0.25, 0.3) is 22.4 Å². The van der Waals surface area contributed by atoms with Gasteiger partial charge in [0.05, 0.1) is 29.3 Å². The monoisotopic (exact) mass is 586 g/mol. The average molecular weight is 587 g/mol. The molecule has 15 heteroatoms. The SMILES string of the molecule is CCCc1nn(C)c2c(=O)nc3n(c12)OC(=O)/C=C\C(=O)OC1CN(C)CCN1S(=O)(=O)c1ccc(OCC)c-3c1. The van der Waals surface area contributed by atoms with Crippen molar-refractivity contribution in [3.8, 4) is 17.1 Å². The Bertz CT molecular complexity index is 1730. The van der Waals surface area contributed by atoms with Crippen LogP contribution in [-0.4, -0.2) is 88.6 Å². The fourth-order valence-corrected chi connectivity index (χ4v) is 6.43. The van der Waals surface area contributed by atoms with Gasteiger partial charge in [0.2, 0.25) is 10.0 Å². The molecule has 0 N–H and O–H groups in total. The highest BCUT2D eigenvalue weighted by atomic mass is 32.2. The van der Waals surface area contributed by atoms with Crippen LogP contribution < -0.4 is 15.1 Å². The van der Waals surface area contributed by atoms with E-state index in [-0.39, 0.29) is 52.8 Å². The molecule has 2 bridgehead atoms. The number of ether oxygens (including phenoxy) is 2. The first kappa shape index (κ1) is 28.4. The first-order chi connectivity index (χ1) is 19.5. The van der Waals surface area contributed by atoms with Crippen molar-refractivity contribution in [2.45, 2.75) is 37.8 Å². The molecule has 1 aromatic carbocycles. The van der Waals surface area contributed by atoms with Gasteiger partial charge in [0.15, 0.2) is 17.6 Å². The third-order valence-corrected chi connectivity index (χ3v) is 8.65. The van der Waals surface area contributed by atoms with Gasteiger partial charge >= 0.3 is 11.9 Å². The smallest absolute Gasteiger partial charge is 0.356 e. The molecule has 0 aliphatic carbocycles. The molecule has 14 nitrogen and oxygen atoms in total. The lowest BCUT2D eigenvalue weighted by atomic mass is 10.1. The molecule has 3 aromatic rings. The van der Waals surface area contributed by atoms with E-state index in [4.69, 9.17) is 14.3 Å². The van der Waals surface area contributed by atoms with Gasteiger partial charge in [-0.2, -0.15) is 19.1 Å². The summed E-state index contributed by atoms with van der Waals surface area (Å²) in [7, 11) is -0.869. The zero-order valence-electron chi connectivity index (χ0n) is 23.1. The second-order valence-electron chi connectivity index (χ2n) is 9.66. The van der Waals surface area contributed by atoms with E-state index >= 15 is 0 Å². The minimum absolute atomic E-state index is 0.0516. The highest BCUT2D eigenvalue weighted by Gasteiger charge is 2.38. The van der Waals surface area contributed by atoms with E-state index in [2.05, 4.69) is 10.1 Å². The maximum absolute atomic E-state index is 13.9. The van der Waals surface area contributed by atoms with E-state index in [9.17, 15) is 22.8 Å². The minimum atomic E-state index is -4.22. The number of esters is 1. The van der Waals surface area contributed by atoms with Crippen molar-refractivity contribution in [1.29, 1.82) is 0 Å². The number of fused-ring (bicyclic) bond motifs is 7. The molecule has 41 heavy (non-hydrogen) atoms. The van der Waals surface area contributed by atoms with Gasteiger partial charge in [-0.3, -0.25) is 14.4 Å². The lowest BCUT2D eigenvalue weighted by molar-refractivity contribution is -0.152. The van der Waals surface area contributed by atoms with Crippen molar-refractivity contribution >= 4 is 33.0 Å². The largest absolute Gasteiger partial charge is 0.493 e. The summed E-state index contributed by atoms with van der Waals surface area (Å²) in [5.74, 6) is -1.84. The minimum Gasteiger partial charge on any atom is -0.493 e. The molecule has 2 aliphatic heterocycles.